The van der Waals surface area contributed by atoms with E-state index in [1.807, 2.05) is 0 Å². The lowest BCUT2D eigenvalue weighted by molar-refractivity contribution is 0.531. The van der Waals surface area contributed by atoms with Gasteiger partial charge in [-0.15, -0.1) is 10.2 Å². The highest BCUT2D eigenvalue weighted by Gasteiger charge is 2.14. The second-order valence-electron chi connectivity index (χ2n) is 5.24. The minimum Gasteiger partial charge on any atom is -0.308 e. The van der Waals surface area contributed by atoms with Gasteiger partial charge in [0, 0.05) is 5.56 Å². The maximum atomic E-state index is 4.35. The molecule has 1 heterocycles. The maximum absolute atomic E-state index is 4.35. The van der Waals surface area contributed by atoms with E-state index in [4.69, 9.17) is 0 Å². The molecular weight excluding hydrogens is 266 g/mol. The normalized spacial score (nSPS) is 12.8. The highest BCUT2D eigenvalue weighted by molar-refractivity contribution is 7.14. The van der Waals surface area contributed by atoms with E-state index in [0.29, 0.717) is 12.0 Å². The number of rotatable bonds is 6. The summed E-state index contributed by atoms with van der Waals surface area (Å²) in [4.78, 5) is 0. The average molecular weight is 289 g/mol. The van der Waals surface area contributed by atoms with Crippen LogP contribution in [0.15, 0.2) is 24.3 Å². The van der Waals surface area contributed by atoms with Crippen LogP contribution in [0.2, 0.25) is 0 Å². The van der Waals surface area contributed by atoms with Crippen LogP contribution in [0.1, 0.15) is 56.6 Å². The van der Waals surface area contributed by atoms with Gasteiger partial charge in [-0.3, -0.25) is 0 Å². The molecule has 2 rings (SSSR count). The minimum absolute atomic E-state index is 0.321. The van der Waals surface area contributed by atoms with Crippen LogP contribution in [0.4, 0.5) is 0 Å². The molecule has 108 valence electrons. The first-order chi connectivity index (χ1) is 9.65. The van der Waals surface area contributed by atoms with E-state index in [9.17, 15) is 0 Å². The summed E-state index contributed by atoms with van der Waals surface area (Å²) >= 11 is 1.69. The second-order valence-corrected chi connectivity index (χ2v) is 6.25. The van der Waals surface area contributed by atoms with Crippen molar-refractivity contribution in [1.29, 1.82) is 0 Å². The van der Waals surface area contributed by atoms with Crippen LogP contribution in [-0.4, -0.2) is 16.7 Å². The number of nitrogens with zero attached hydrogens (tertiary/aromatic N) is 2. The van der Waals surface area contributed by atoms with E-state index in [0.717, 1.165) is 28.5 Å². The third kappa shape index (κ3) is 3.44. The molecule has 3 nitrogen and oxygen atoms in total. The topological polar surface area (TPSA) is 37.8 Å². The van der Waals surface area contributed by atoms with Gasteiger partial charge in [0.2, 0.25) is 0 Å². The SMILES string of the molecule is CCNC(CC)c1nnc(-c2ccc(C(C)C)cc2)s1. The molecule has 20 heavy (non-hydrogen) atoms. The first-order valence-electron chi connectivity index (χ1n) is 7.32. The van der Waals surface area contributed by atoms with Gasteiger partial charge in [0.25, 0.3) is 0 Å². The van der Waals surface area contributed by atoms with Crippen LogP contribution >= 0.6 is 11.3 Å². The Hall–Kier alpha value is -1.26. The van der Waals surface area contributed by atoms with Crippen molar-refractivity contribution in [2.45, 2.75) is 46.1 Å². The summed E-state index contributed by atoms with van der Waals surface area (Å²) < 4.78 is 0. The van der Waals surface area contributed by atoms with Crippen LogP contribution in [0, 0.1) is 0 Å². The highest BCUT2D eigenvalue weighted by Crippen LogP contribution is 2.29. The fourth-order valence-electron chi connectivity index (χ4n) is 2.16. The molecule has 1 aromatic carbocycles. The van der Waals surface area contributed by atoms with Crippen molar-refractivity contribution in [3.63, 3.8) is 0 Å². The lowest BCUT2D eigenvalue weighted by Crippen LogP contribution is -2.19. The Labute approximate surface area is 125 Å². The number of hydrogen-bond acceptors (Lipinski definition) is 4. The van der Waals surface area contributed by atoms with Gasteiger partial charge >= 0.3 is 0 Å². The molecule has 0 spiro atoms. The molecule has 0 aliphatic rings. The van der Waals surface area contributed by atoms with E-state index in [1.54, 1.807) is 11.3 Å². The van der Waals surface area contributed by atoms with Crippen molar-refractivity contribution >= 4 is 11.3 Å². The maximum Gasteiger partial charge on any atom is 0.147 e. The van der Waals surface area contributed by atoms with Gasteiger partial charge in [-0.2, -0.15) is 0 Å². The van der Waals surface area contributed by atoms with E-state index in [-0.39, 0.29) is 0 Å². The van der Waals surface area contributed by atoms with Gasteiger partial charge in [-0.05, 0) is 24.4 Å². The summed E-state index contributed by atoms with van der Waals surface area (Å²) in [5, 5.41) is 14.2. The molecule has 4 heteroatoms. The van der Waals surface area contributed by atoms with Crippen LogP contribution in [-0.2, 0) is 0 Å². The van der Waals surface area contributed by atoms with Gasteiger partial charge < -0.3 is 5.32 Å². The Kier molecular flexibility index (Phi) is 5.26. The van der Waals surface area contributed by atoms with Crippen molar-refractivity contribution in [1.82, 2.24) is 15.5 Å². The molecule has 2 aromatic rings. The Bertz CT molecular complexity index is 531. The Balaban J connectivity index is 2.19. The van der Waals surface area contributed by atoms with E-state index in [2.05, 4.69) is 67.5 Å². The Morgan fingerprint density at radius 2 is 1.80 bits per heavy atom. The summed E-state index contributed by atoms with van der Waals surface area (Å²) in [5.74, 6) is 0.562. The van der Waals surface area contributed by atoms with Gasteiger partial charge in [-0.1, -0.05) is 63.3 Å². The lowest BCUT2D eigenvalue weighted by atomic mass is 10.0. The van der Waals surface area contributed by atoms with Crippen molar-refractivity contribution in [3.8, 4) is 10.6 Å². The molecule has 0 radical (unpaired) electrons. The summed E-state index contributed by atoms with van der Waals surface area (Å²) in [7, 11) is 0. The predicted molar refractivity (Wildman–Crippen MR) is 86.1 cm³/mol. The van der Waals surface area contributed by atoms with Gasteiger partial charge in [0.15, 0.2) is 0 Å². The highest BCUT2D eigenvalue weighted by atomic mass is 32.1. The molecule has 1 N–H and O–H groups in total. The summed E-state index contributed by atoms with van der Waals surface area (Å²) in [5.41, 5.74) is 2.52. The number of hydrogen-bond donors (Lipinski definition) is 1. The lowest BCUT2D eigenvalue weighted by Gasteiger charge is -2.11. The van der Waals surface area contributed by atoms with Crippen molar-refractivity contribution in [2.75, 3.05) is 6.54 Å². The smallest absolute Gasteiger partial charge is 0.147 e. The second kappa shape index (κ2) is 6.95. The molecule has 0 saturated heterocycles. The van der Waals surface area contributed by atoms with Crippen molar-refractivity contribution in [2.24, 2.45) is 0 Å². The van der Waals surface area contributed by atoms with Gasteiger partial charge in [0.1, 0.15) is 10.0 Å². The predicted octanol–water partition coefficient (Wildman–Crippen LogP) is 4.39. The first kappa shape index (κ1) is 15.1. The molecule has 1 unspecified atom stereocenters. The van der Waals surface area contributed by atoms with Crippen LogP contribution < -0.4 is 5.32 Å². The monoisotopic (exact) mass is 289 g/mol. The largest absolute Gasteiger partial charge is 0.308 e. The molecule has 1 atom stereocenters. The van der Waals surface area contributed by atoms with E-state index < -0.39 is 0 Å². The molecule has 0 bridgehead atoms. The zero-order chi connectivity index (χ0) is 14.5. The molecule has 0 saturated carbocycles. The van der Waals surface area contributed by atoms with Crippen LogP contribution in [0.5, 0.6) is 0 Å². The molecule has 0 aliphatic carbocycles. The first-order valence-corrected chi connectivity index (χ1v) is 8.14. The molecule has 1 aromatic heterocycles. The molecule has 0 fully saturated rings. The summed E-state index contributed by atoms with van der Waals surface area (Å²) in [6.45, 7) is 9.66. The number of benzene rings is 1. The number of aromatic nitrogens is 2. The fraction of sp³-hybridized carbons (Fsp3) is 0.500. The zero-order valence-electron chi connectivity index (χ0n) is 12.7. The fourth-order valence-corrected chi connectivity index (χ4v) is 3.16. The summed E-state index contributed by atoms with van der Waals surface area (Å²) in [6, 6.07) is 8.98. The van der Waals surface area contributed by atoms with Gasteiger partial charge in [-0.25, -0.2) is 0 Å². The Morgan fingerprint density at radius 3 is 2.35 bits per heavy atom. The van der Waals surface area contributed by atoms with Crippen molar-refractivity contribution < 1.29 is 0 Å². The van der Waals surface area contributed by atoms with Crippen LogP contribution in [0.25, 0.3) is 10.6 Å². The standard InChI is InChI=1S/C16H23N3S/c1-5-14(17-6-2)16-19-18-15(20-16)13-9-7-12(8-10-13)11(3)4/h7-11,14,17H,5-6H2,1-4H3. The average Bonchev–Trinajstić information content (AvgIpc) is 2.94. The summed E-state index contributed by atoms with van der Waals surface area (Å²) in [6.07, 6.45) is 1.04. The number of nitrogens with one attached hydrogen (secondary N) is 1. The van der Waals surface area contributed by atoms with E-state index in [1.165, 1.54) is 5.56 Å². The molecular formula is C16H23N3S. The molecule has 0 amide bonds. The molecule has 0 aliphatic heterocycles. The quantitative estimate of drug-likeness (QED) is 0.857. The van der Waals surface area contributed by atoms with Crippen LogP contribution in [0.3, 0.4) is 0 Å². The van der Waals surface area contributed by atoms with E-state index >= 15 is 0 Å². The third-order valence-electron chi connectivity index (χ3n) is 3.42. The van der Waals surface area contributed by atoms with Crippen molar-refractivity contribution in [3.05, 3.63) is 34.8 Å². The van der Waals surface area contributed by atoms with Gasteiger partial charge in [0.05, 0.1) is 6.04 Å². The minimum atomic E-state index is 0.321. The Morgan fingerprint density at radius 1 is 1.10 bits per heavy atom. The third-order valence-corrected chi connectivity index (χ3v) is 4.51. The zero-order valence-corrected chi connectivity index (χ0v) is 13.5.